The summed E-state index contributed by atoms with van der Waals surface area (Å²) in [5.41, 5.74) is 0. The molecule has 272 valence electrons. The van der Waals surface area contributed by atoms with Crippen LogP contribution in [0.3, 0.4) is 0 Å². The molecule has 0 aromatic carbocycles. The first-order chi connectivity index (χ1) is 23.0. The zero-order valence-electron chi connectivity index (χ0n) is 27.6. The van der Waals surface area contributed by atoms with Crippen LogP contribution in [0, 0.1) is 0 Å². The van der Waals surface area contributed by atoms with Gasteiger partial charge >= 0.3 is 179 Å². The molecule has 1 aliphatic rings. The normalized spacial score (nSPS) is 19.8. The van der Waals surface area contributed by atoms with Crippen LogP contribution >= 0.6 is 0 Å². The Morgan fingerprint density at radius 1 is 0.612 bits per heavy atom. The second kappa shape index (κ2) is 22.4. The minimum atomic E-state index is -1.38. The molecule has 9 amide bonds. The Hall–Kier alpha value is -4.25. The number of hydrogen-bond acceptors (Lipinski definition) is 12. The Morgan fingerprint density at radius 2 is 1.00 bits per heavy atom. The SMILES string of the molecule is CC(=O)N(O)CCCC1NC(=O)CNC(=O)CNC(=O)CNC(=O)C(CCCN([O][Ga])C(C)=O)NC(=O)C(CCCN(O)C(C)=O)NC1=O. The van der Waals surface area contributed by atoms with Gasteiger partial charge < -0.3 is 10.6 Å². The molecule has 3 unspecified atom stereocenters. The van der Waals surface area contributed by atoms with Crippen LogP contribution in [0.15, 0.2) is 0 Å². The van der Waals surface area contributed by atoms with Crippen molar-refractivity contribution in [3.63, 3.8) is 0 Å². The van der Waals surface area contributed by atoms with E-state index >= 15 is 0 Å². The van der Waals surface area contributed by atoms with Gasteiger partial charge in [0.2, 0.25) is 23.6 Å². The summed E-state index contributed by atoms with van der Waals surface area (Å²) in [6.07, 6.45) is -0.176. The Kier molecular flexibility index (Phi) is 19.5. The van der Waals surface area contributed by atoms with E-state index in [0.29, 0.717) is 10.1 Å². The van der Waals surface area contributed by atoms with Crippen molar-refractivity contribution >= 4 is 72.1 Å². The third kappa shape index (κ3) is 17.1. The fourth-order valence-corrected chi connectivity index (χ4v) is 4.83. The number of rotatable bonds is 13. The van der Waals surface area contributed by atoms with E-state index in [0.717, 1.165) is 37.9 Å². The summed E-state index contributed by atoms with van der Waals surface area (Å²) in [4.78, 5) is 112. The van der Waals surface area contributed by atoms with E-state index in [4.69, 9.17) is 3.63 Å². The second-order valence-corrected chi connectivity index (χ2v) is 11.4. The average molecular weight is 756 g/mol. The van der Waals surface area contributed by atoms with Crippen LogP contribution in [-0.2, 0) is 46.8 Å². The van der Waals surface area contributed by atoms with Crippen LogP contribution in [0.5, 0.6) is 0 Å². The van der Waals surface area contributed by atoms with Crippen molar-refractivity contribution in [2.24, 2.45) is 0 Å². The number of nitrogens with one attached hydrogen (secondary N) is 6. The number of nitrogens with zero attached hydrogens (tertiary/aromatic N) is 3. The molecule has 1 saturated heterocycles. The quantitative estimate of drug-likeness (QED) is 0.0502. The third-order valence-corrected chi connectivity index (χ3v) is 7.55. The average Bonchev–Trinajstić information content (AvgIpc) is 3.04. The molecule has 0 saturated carbocycles. The summed E-state index contributed by atoms with van der Waals surface area (Å²) in [5, 5.41) is 35.8. The Labute approximate surface area is 292 Å². The molecule has 22 heteroatoms. The van der Waals surface area contributed by atoms with E-state index in [2.05, 4.69) is 31.9 Å². The van der Waals surface area contributed by atoms with Crippen molar-refractivity contribution in [2.75, 3.05) is 39.3 Å². The first kappa shape index (κ1) is 42.8. The van der Waals surface area contributed by atoms with Crippen molar-refractivity contribution in [1.29, 1.82) is 0 Å². The molecule has 3 atom stereocenters. The molecule has 8 N–H and O–H groups in total. The van der Waals surface area contributed by atoms with Gasteiger partial charge in [0, 0.05) is 20.4 Å². The number of carbonyl (C=O) groups is 9. The summed E-state index contributed by atoms with van der Waals surface area (Å²) in [5.74, 6) is -6.57. The second-order valence-electron chi connectivity index (χ2n) is 11.0. The van der Waals surface area contributed by atoms with Gasteiger partial charge in [-0.1, -0.05) is 0 Å². The third-order valence-electron chi connectivity index (χ3n) is 7.02. The molecule has 0 bridgehead atoms. The molecule has 0 spiro atoms. The molecule has 0 aromatic rings. The number of hydrogen-bond donors (Lipinski definition) is 8. The van der Waals surface area contributed by atoms with Crippen molar-refractivity contribution in [3.05, 3.63) is 0 Å². The molecular formula is C27H44GaN9O12. The summed E-state index contributed by atoms with van der Waals surface area (Å²) >= 11 is 0.797. The molecule has 1 fully saturated rings. The number of hydroxylamine groups is 6. The van der Waals surface area contributed by atoms with Crippen LogP contribution in [0.4, 0.5) is 0 Å². The van der Waals surface area contributed by atoms with E-state index in [1.807, 2.05) is 0 Å². The molecule has 2 radical (unpaired) electrons. The predicted octanol–water partition coefficient (Wildman–Crippen LogP) is -4.52. The number of amides is 9. The van der Waals surface area contributed by atoms with Gasteiger partial charge in [-0.05, 0) is 12.8 Å². The predicted molar refractivity (Wildman–Crippen MR) is 165 cm³/mol. The van der Waals surface area contributed by atoms with Crippen LogP contribution in [-0.4, -0.2) is 155 Å². The molecule has 0 aliphatic carbocycles. The van der Waals surface area contributed by atoms with E-state index in [9.17, 15) is 53.6 Å². The molecule has 1 aliphatic heterocycles. The van der Waals surface area contributed by atoms with Crippen molar-refractivity contribution < 1.29 is 57.2 Å². The van der Waals surface area contributed by atoms with E-state index in [1.54, 1.807) is 0 Å². The maximum absolute atomic E-state index is 13.6. The van der Waals surface area contributed by atoms with Crippen LogP contribution in [0.2, 0.25) is 0 Å². The molecule has 21 nitrogen and oxygen atoms in total. The fraction of sp³-hybridized carbons (Fsp3) is 0.667. The summed E-state index contributed by atoms with van der Waals surface area (Å²) < 4.78 is 5.04. The zero-order chi connectivity index (χ0) is 37.1. The summed E-state index contributed by atoms with van der Waals surface area (Å²) in [6.45, 7) is 1.42. The van der Waals surface area contributed by atoms with Gasteiger partial charge in [-0.15, -0.1) is 0 Å². The molecule has 0 aromatic heterocycles. The Bertz CT molecular complexity index is 1220. The molecule has 1 heterocycles. The maximum atomic E-state index is 13.6. The monoisotopic (exact) mass is 755 g/mol. The molecule has 49 heavy (non-hydrogen) atoms. The van der Waals surface area contributed by atoms with Crippen molar-refractivity contribution in [1.82, 2.24) is 47.1 Å². The topological polar surface area (TPSA) is 285 Å². The van der Waals surface area contributed by atoms with Gasteiger partial charge in [-0.25, -0.2) is 10.1 Å². The van der Waals surface area contributed by atoms with Crippen LogP contribution < -0.4 is 31.9 Å². The Morgan fingerprint density at radius 3 is 1.43 bits per heavy atom. The van der Waals surface area contributed by atoms with Crippen molar-refractivity contribution in [3.8, 4) is 0 Å². The standard InChI is InChI=1S/C27H44N9O12.Ga/c1-16(37)34(46)10-4-7-19-25(43)30-14-23(41)28-13-22(40)29-15-24(42)31-20(8-5-11-35(47)17(2)38)26(44)33-21(27(45)32-19)9-6-12-36(48)18(3)39;/h19-21,47-48H,4-15H2,1-3H3,(H,28,41)(H,29,40)(H,30,43)(H,31,42)(H,32,45)(H,33,44);/q-1;+1. The first-order valence-electron chi connectivity index (χ1n) is 15.4. The van der Waals surface area contributed by atoms with Gasteiger partial charge in [0.15, 0.2) is 0 Å². The van der Waals surface area contributed by atoms with Gasteiger partial charge in [-0.2, -0.15) is 0 Å². The van der Waals surface area contributed by atoms with Crippen LogP contribution in [0.1, 0.15) is 59.3 Å². The summed E-state index contributed by atoms with van der Waals surface area (Å²) in [6, 6.07) is -4.01. The molecule has 1 rings (SSSR count). The van der Waals surface area contributed by atoms with Crippen molar-refractivity contribution in [2.45, 2.75) is 77.4 Å². The van der Waals surface area contributed by atoms with Gasteiger partial charge in [0.25, 0.3) is 0 Å². The number of carbonyl (C=O) groups excluding carboxylic acids is 9. The van der Waals surface area contributed by atoms with E-state index < -0.39 is 90.9 Å². The summed E-state index contributed by atoms with van der Waals surface area (Å²) in [7, 11) is 0. The zero-order valence-corrected chi connectivity index (χ0v) is 30.0. The molecular weight excluding hydrogens is 712 g/mol. The van der Waals surface area contributed by atoms with Crippen LogP contribution in [0.25, 0.3) is 0 Å². The minimum absolute atomic E-state index is 0.00418. The van der Waals surface area contributed by atoms with Gasteiger partial charge in [-0.3, -0.25) is 29.6 Å². The van der Waals surface area contributed by atoms with E-state index in [-0.39, 0.29) is 58.2 Å². The van der Waals surface area contributed by atoms with E-state index in [1.165, 1.54) is 6.92 Å². The fourth-order valence-electron chi connectivity index (χ4n) is 4.30. The van der Waals surface area contributed by atoms with Gasteiger partial charge in [0.05, 0.1) is 6.54 Å². The van der Waals surface area contributed by atoms with Gasteiger partial charge in [0.1, 0.15) is 0 Å². The first-order valence-corrected chi connectivity index (χ1v) is 16.3. The Balaban J connectivity index is 3.38.